The third-order valence-corrected chi connectivity index (χ3v) is 5.05. The van der Waals surface area contributed by atoms with Gasteiger partial charge >= 0.3 is 0 Å². The van der Waals surface area contributed by atoms with Crippen molar-refractivity contribution in [3.8, 4) is 0 Å². The van der Waals surface area contributed by atoms with Gasteiger partial charge in [0, 0.05) is 17.9 Å². The van der Waals surface area contributed by atoms with Crippen LogP contribution in [0.5, 0.6) is 0 Å². The summed E-state index contributed by atoms with van der Waals surface area (Å²) >= 11 is 0. The number of pyridine rings is 1. The molecule has 1 aromatic rings. The third kappa shape index (κ3) is 3.45. The first kappa shape index (κ1) is 14.7. The zero-order valence-electron chi connectivity index (χ0n) is 11.2. The maximum absolute atomic E-state index is 12.2. The van der Waals surface area contributed by atoms with Crippen molar-refractivity contribution < 1.29 is 13.2 Å². The number of rotatable bonds is 3. The van der Waals surface area contributed by atoms with Crippen LogP contribution in [0.25, 0.3) is 0 Å². The van der Waals surface area contributed by atoms with Gasteiger partial charge in [0.15, 0.2) is 0 Å². The highest BCUT2D eigenvalue weighted by molar-refractivity contribution is 7.91. The summed E-state index contributed by atoms with van der Waals surface area (Å²) in [6.07, 6.45) is 2.34. The van der Waals surface area contributed by atoms with E-state index in [9.17, 15) is 13.2 Å². The number of nitrogens with zero attached hydrogens (tertiary/aromatic N) is 1. The minimum absolute atomic E-state index is 0.117. The SMILES string of the molecule is Cc1cc(NN)c(C(=O)NC2CCS(=O)(=O)CC2)cn1. The molecule has 110 valence electrons. The molecule has 1 aliphatic heterocycles. The first-order valence-electron chi connectivity index (χ1n) is 6.36. The monoisotopic (exact) mass is 298 g/mol. The molecule has 0 spiro atoms. The van der Waals surface area contributed by atoms with Gasteiger partial charge in [-0.15, -0.1) is 0 Å². The van der Waals surface area contributed by atoms with Crippen LogP contribution in [0.1, 0.15) is 28.9 Å². The minimum atomic E-state index is -2.93. The second kappa shape index (κ2) is 5.76. The molecule has 0 atom stereocenters. The van der Waals surface area contributed by atoms with E-state index in [1.165, 1.54) is 6.20 Å². The summed E-state index contributed by atoms with van der Waals surface area (Å²) in [5.41, 5.74) is 4.07. The number of hydrogen-bond acceptors (Lipinski definition) is 6. The molecule has 7 nitrogen and oxygen atoms in total. The zero-order chi connectivity index (χ0) is 14.8. The molecule has 0 unspecified atom stereocenters. The van der Waals surface area contributed by atoms with Crippen LogP contribution in [-0.4, -0.2) is 36.9 Å². The second-order valence-corrected chi connectivity index (χ2v) is 7.22. The second-order valence-electron chi connectivity index (χ2n) is 4.92. The number of sulfone groups is 1. The molecule has 0 bridgehead atoms. The number of carbonyl (C=O) groups excluding carboxylic acids is 1. The lowest BCUT2D eigenvalue weighted by Crippen LogP contribution is -2.41. The van der Waals surface area contributed by atoms with Crippen molar-refractivity contribution in [2.45, 2.75) is 25.8 Å². The third-order valence-electron chi connectivity index (χ3n) is 3.33. The van der Waals surface area contributed by atoms with Gasteiger partial charge in [-0.25, -0.2) is 8.42 Å². The molecular formula is C12H18N4O3S. The van der Waals surface area contributed by atoms with E-state index in [4.69, 9.17) is 5.84 Å². The predicted octanol–water partition coefficient (Wildman–Crippen LogP) is -0.0174. The number of hydrazine groups is 1. The Morgan fingerprint density at radius 3 is 2.65 bits per heavy atom. The highest BCUT2D eigenvalue weighted by atomic mass is 32.2. The van der Waals surface area contributed by atoms with E-state index in [-0.39, 0.29) is 23.5 Å². The van der Waals surface area contributed by atoms with E-state index in [1.807, 2.05) is 0 Å². The normalized spacial score (nSPS) is 18.5. The lowest BCUT2D eigenvalue weighted by molar-refractivity contribution is 0.0934. The molecule has 4 N–H and O–H groups in total. The molecular weight excluding hydrogens is 280 g/mol. The Morgan fingerprint density at radius 2 is 2.05 bits per heavy atom. The van der Waals surface area contributed by atoms with Crippen LogP contribution >= 0.6 is 0 Å². The number of amides is 1. The van der Waals surface area contributed by atoms with Crippen LogP contribution in [0.2, 0.25) is 0 Å². The Hall–Kier alpha value is -1.67. The van der Waals surface area contributed by atoms with Crippen LogP contribution in [0.4, 0.5) is 5.69 Å². The van der Waals surface area contributed by atoms with E-state index in [0.717, 1.165) is 5.69 Å². The van der Waals surface area contributed by atoms with Crippen LogP contribution < -0.4 is 16.6 Å². The van der Waals surface area contributed by atoms with Gasteiger partial charge in [-0.1, -0.05) is 0 Å². The van der Waals surface area contributed by atoms with E-state index >= 15 is 0 Å². The fraction of sp³-hybridized carbons (Fsp3) is 0.500. The summed E-state index contributed by atoms with van der Waals surface area (Å²) in [4.78, 5) is 16.2. The summed E-state index contributed by atoms with van der Waals surface area (Å²) in [6, 6.07) is 1.55. The summed E-state index contributed by atoms with van der Waals surface area (Å²) < 4.78 is 22.7. The van der Waals surface area contributed by atoms with Crippen LogP contribution in [0.15, 0.2) is 12.3 Å². The molecule has 0 saturated carbocycles. The Labute approximate surface area is 117 Å². The predicted molar refractivity (Wildman–Crippen MR) is 75.9 cm³/mol. The standard InChI is InChI=1S/C12H18N4O3S/c1-8-6-11(16-13)10(7-14-8)12(17)15-9-2-4-20(18,19)5-3-9/h6-7,9H,2-5,13H2,1H3,(H,14,16)(H,15,17). The topological polar surface area (TPSA) is 114 Å². The van der Waals surface area contributed by atoms with Crippen molar-refractivity contribution in [2.75, 3.05) is 16.9 Å². The van der Waals surface area contributed by atoms with Gasteiger partial charge in [0.2, 0.25) is 0 Å². The van der Waals surface area contributed by atoms with Crippen molar-refractivity contribution >= 4 is 21.4 Å². The van der Waals surface area contributed by atoms with Crippen molar-refractivity contribution in [1.82, 2.24) is 10.3 Å². The summed E-state index contributed by atoms with van der Waals surface area (Å²) in [7, 11) is -2.93. The van der Waals surface area contributed by atoms with Gasteiger partial charge in [-0.05, 0) is 25.8 Å². The molecule has 1 aromatic heterocycles. The largest absolute Gasteiger partial charge is 0.349 e. The number of anilines is 1. The number of nitrogens with one attached hydrogen (secondary N) is 2. The van der Waals surface area contributed by atoms with Gasteiger partial charge in [0.25, 0.3) is 5.91 Å². The molecule has 0 aromatic carbocycles. The minimum Gasteiger partial charge on any atom is -0.349 e. The fourth-order valence-corrected chi connectivity index (χ4v) is 3.65. The smallest absolute Gasteiger partial charge is 0.255 e. The molecule has 0 aliphatic carbocycles. The molecule has 1 fully saturated rings. The molecule has 1 amide bonds. The first-order valence-corrected chi connectivity index (χ1v) is 8.18. The summed E-state index contributed by atoms with van der Waals surface area (Å²) in [5, 5.41) is 2.83. The summed E-state index contributed by atoms with van der Waals surface area (Å²) in [6.45, 7) is 1.80. The molecule has 20 heavy (non-hydrogen) atoms. The molecule has 0 radical (unpaired) electrons. The van der Waals surface area contributed by atoms with E-state index < -0.39 is 9.84 Å². The van der Waals surface area contributed by atoms with Crippen molar-refractivity contribution in [3.05, 3.63) is 23.5 Å². The highest BCUT2D eigenvalue weighted by Crippen LogP contribution is 2.17. The maximum Gasteiger partial charge on any atom is 0.255 e. The van der Waals surface area contributed by atoms with Crippen molar-refractivity contribution in [3.63, 3.8) is 0 Å². The van der Waals surface area contributed by atoms with E-state index in [0.29, 0.717) is 24.1 Å². The molecule has 1 aliphatic rings. The van der Waals surface area contributed by atoms with E-state index in [2.05, 4.69) is 15.7 Å². The molecule has 2 heterocycles. The Kier molecular flexibility index (Phi) is 4.24. The Bertz CT molecular complexity index is 601. The van der Waals surface area contributed by atoms with Crippen LogP contribution in [0, 0.1) is 6.92 Å². The number of carbonyl (C=O) groups is 1. The van der Waals surface area contributed by atoms with Gasteiger partial charge in [-0.3, -0.25) is 15.6 Å². The lowest BCUT2D eigenvalue weighted by Gasteiger charge is -2.23. The highest BCUT2D eigenvalue weighted by Gasteiger charge is 2.25. The van der Waals surface area contributed by atoms with E-state index in [1.54, 1.807) is 13.0 Å². The van der Waals surface area contributed by atoms with Crippen molar-refractivity contribution in [2.24, 2.45) is 5.84 Å². The first-order chi connectivity index (χ1) is 9.41. The number of aryl methyl sites for hydroxylation is 1. The average molecular weight is 298 g/mol. The Morgan fingerprint density at radius 1 is 1.40 bits per heavy atom. The van der Waals surface area contributed by atoms with Gasteiger partial charge in [-0.2, -0.15) is 0 Å². The number of aromatic nitrogens is 1. The van der Waals surface area contributed by atoms with Gasteiger partial charge in [0.05, 0.1) is 22.8 Å². The van der Waals surface area contributed by atoms with Crippen LogP contribution in [0.3, 0.4) is 0 Å². The fourth-order valence-electron chi connectivity index (χ4n) is 2.16. The molecule has 1 saturated heterocycles. The molecule has 2 rings (SSSR count). The van der Waals surface area contributed by atoms with Crippen LogP contribution in [-0.2, 0) is 9.84 Å². The maximum atomic E-state index is 12.2. The Balaban J connectivity index is 2.06. The lowest BCUT2D eigenvalue weighted by atomic mass is 10.1. The zero-order valence-corrected chi connectivity index (χ0v) is 12.0. The number of hydrogen-bond donors (Lipinski definition) is 3. The average Bonchev–Trinajstić information content (AvgIpc) is 2.40. The quantitative estimate of drug-likeness (QED) is 0.534. The van der Waals surface area contributed by atoms with Gasteiger partial charge in [0.1, 0.15) is 9.84 Å². The number of nitrogens with two attached hydrogens (primary N) is 1. The number of nitrogen functional groups attached to an aromatic ring is 1. The molecule has 8 heteroatoms. The van der Waals surface area contributed by atoms with Crippen molar-refractivity contribution in [1.29, 1.82) is 0 Å². The summed E-state index contributed by atoms with van der Waals surface area (Å²) in [5.74, 6) is 5.33. The van der Waals surface area contributed by atoms with Gasteiger partial charge < -0.3 is 10.7 Å².